The lowest BCUT2D eigenvalue weighted by Gasteiger charge is -2.18. The zero-order valence-corrected chi connectivity index (χ0v) is 22.9. The highest BCUT2D eigenvalue weighted by atomic mass is 35.5. The molecular weight excluding hydrogens is 566 g/mol. The lowest BCUT2D eigenvalue weighted by Crippen LogP contribution is -2.47. The number of ketones is 1. The number of rotatable bonds is 12. The van der Waals surface area contributed by atoms with Gasteiger partial charge in [-0.05, 0) is 48.6 Å². The number of halogens is 1. The number of sulfonamides is 1. The average Bonchev–Trinajstić information content (AvgIpc) is 3.28. The first-order valence-electron chi connectivity index (χ1n) is 11.7. The third kappa shape index (κ3) is 7.02. The van der Waals surface area contributed by atoms with Crippen LogP contribution in [0.1, 0.15) is 28.2 Å². The SMILES string of the molecule is NC(N)=NCC[C@@H]1CC1(NC(=O)Cn1cccc(NS(=O)(=O)Cc2ccc(Cl)cc2)c1=O)C(=O)c1nccs1. The number of guanidine groups is 1. The molecule has 12 nitrogen and oxygen atoms in total. The maximum absolute atomic E-state index is 13.2. The average molecular weight is 592 g/mol. The molecule has 1 saturated carbocycles. The maximum atomic E-state index is 13.2. The number of hydrogen-bond acceptors (Lipinski definition) is 8. The lowest BCUT2D eigenvalue weighted by atomic mass is 10.1. The van der Waals surface area contributed by atoms with Gasteiger partial charge >= 0.3 is 0 Å². The Kier molecular flexibility index (Phi) is 8.37. The summed E-state index contributed by atoms with van der Waals surface area (Å²) in [4.78, 5) is 47.3. The van der Waals surface area contributed by atoms with E-state index in [2.05, 4.69) is 20.0 Å². The molecular formula is C24H26ClN7O5S2. The van der Waals surface area contributed by atoms with E-state index >= 15 is 0 Å². The number of Topliss-reactive ketones (excluding diaryl/α,β-unsaturated/α-hetero) is 1. The molecule has 0 radical (unpaired) electrons. The largest absolute Gasteiger partial charge is 0.370 e. The molecule has 0 spiro atoms. The molecule has 1 aliphatic carbocycles. The van der Waals surface area contributed by atoms with Gasteiger partial charge in [0.1, 0.15) is 17.8 Å². The molecule has 2 aromatic heterocycles. The van der Waals surface area contributed by atoms with Crippen LogP contribution in [0, 0.1) is 5.92 Å². The summed E-state index contributed by atoms with van der Waals surface area (Å²) in [7, 11) is -3.93. The summed E-state index contributed by atoms with van der Waals surface area (Å²) in [5.74, 6) is -1.57. The van der Waals surface area contributed by atoms with E-state index in [1.165, 1.54) is 24.5 Å². The molecule has 206 valence electrons. The summed E-state index contributed by atoms with van der Waals surface area (Å²) >= 11 is 7.01. The standard InChI is InChI=1S/C24H26ClN7O5S2/c25-17-5-3-15(4-6-17)14-39(36,37)31-18-2-1-10-32(22(18)35)13-19(33)30-24(20(34)21-28-9-11-38-21)12-16(24)7-8-29-23(26)27/h1-6,9-11,16,31H,7-8,12-14H2,(H,30,33)(H4,26,27,29)/t16-,24?/m1/s1. The van der Waals surface area contributed by atoms with Crippen LogP contribution in [-0.2, 0) is 27.1 Å². The molecule has 1 unspecified atom stereocenters. The van der Waals surface area contributed by atoms with E-state index in [0.717, 1.165) is 15.9 Å². The van der Waals surface area contributed by atoms with Crippen LogP contribution in [0.25, 0.3) is 0 Å². The summed E-state index contributed by atoms with van der Waals surface area (Å²) in [6, 6.07) is 9.03. The number of thiazole rings is 1. The highest BCUT2D eigenvalue weighted by Crippen LogP contribution is 2.48. The Bertz CT molecular complexity index is 1550. The number of hydrogen-bond donors (Lipinski definition) is 4. The first kappa shape index (κ1) is 28.3. The first-order valence-corrected chi connectivity index (χ1v) is 14.7. The van der Waals surface area contributed by atoms with Gasteiger partial charge in [0.2, 0.25) is 21.7 Å². The number of aromatic nitrogens is 2. The quantitative estimate of drug-likeness (QED) is 0.138. The van der Waals surface area contributed by atoms with Crippen molar-refractivity contribution >= 4 is 56.3 Å². The van der Waals surface area contributed by atoms with Gasteiger partial charge in [-0.1, -0.05) is 23.7 Å². The van der Waals surface area contributed by atoms with Gasteiger partial charge in [-0.15, -0.1) is 11.3 Å². The van der Waals surface area contributed by atoms with Crippen molar-refractivity contribution in [3.63, 3.8) is 0 Å². The predicted molar refractivity (Wildman–Crippen MR) is 149 cm³/mol. The van der Waals surface area contributed by atoms with E-state index in [9.17, 15) is 22.8 Å². The Labute approximate surface area is 233 Å². The van der Waals surface area contributed by atoms with E-state index in [1.54, 1.807) is 29.6 Å². The van der Waals surface area contributed by atoms with Gasteiger partial charge in [0.25, 0.3) is 5.56 Å². The number of carbonyl (C=O) groups is 2. The Morgan fingerprint density at radius 2 is 1.97 bits per heavy atom. The number of aliphatic imine (C=N–C) groups is 1. The van der Waals surface area contributed by atoms with Gasteiger partial charge in [0.05, 0.1) is 5.75 Å². The van der Waals surface area contributed by atoms with E-state index in [0.29, 0.717) is 23.4 Å². The summed E-state index contributed by atoms with van der Waals surface area (Å²) in [6.45, 7) is -0.146. The maximum Gasteiger partial charge on any atom is 0.275 e. The molecule has 3 aromatic rings. The highest BCUT2D eigenvalue weighted by Gasteiger charge is 2.61. The second kappa shape index (κ2) is 11.6. The van der Waals surface area contributed by atoms with Crippen molar-refractivity contribution in [1.29, 1.82) is 0 Å². The fourth-order valence-electron chi connectivity index (χ4n) is 4.23. The predicted octanol–water partition coefficient (Wildman–Crippen LogP) is 1.32. The van der Waals surface area contributed by atoms with Crippen LogP contribution >= 0.6 is 22.9 Å². The van der Waals surface area contributed by atoms with Gasteiger partial charge in [0.15, 0.2) is 11.0 Å². The molecule has 1 fully saturated rings. The van der Waals surface area contributed by atoms with Crippen LogP contribution in [0.5, 0.6) is 0 Å². The minimum atomic E-state index is -3.93. The molecule has 0 aliphatic heterocycles. The van der Waals surface area contributed by atoms with Gasteiger partial charge in [0, 0.05) is 29.3 Å². The smallest absolute Gasteiger partial charge is 0.275 e. The second-order valence-corrected chi connectivity index (χ2v) is 12.1. The Balaban J connectivity index is 1.47. The Hall–Kier alpha value is -3.75. The number of carbonyl (C=O) groups excluding carboxylic acids is 2. The number of amides is 1. The minimum absolute atomic E-state index is 0.0698. The third-order valence-corrected chi connectivity index (χ3v) is 8.41. The number of nitrogens with two attached hydrogens (primary N) is 2. The van der Waals surface area contributed by atoms with E-state index in [-0.39, 0.29) is 40.7 Å². The van der Waals surface area contributed by atoms with Crippen molar-refractivity contribution in [2.45, 2.75) is 30.7 Å². The highest BCUT2D eigenvalue weighted by molar-refractivity contribution is 7.91. The Morgan fingerprint density at radius 1 is 1.23 bits per heavy atom. The number of benzene rings is 1. The minimum Gasteiger partial charge on any atom is -0.370 e. The molecule has 4 rings (SSSR count). The van der Waals surface area contributed by atoms with Crippen LogP contribution in [0.2, 0.25) is 5.02 Å². The number of nitrogens with one attached hydrogen (secondary N) is 2. The molecule has 2 heterocycles. The number of nitrogens with zero attached hydrogens (tertiary/aromatic N) is 3. The monoisotopic (exact) mass is 591 g/mol. The van der Waals surface area contributed by atoms with Gasteiger partial charge < -0.3 is 21.4 Å². The molecule has 1 aromatic carbocycles. The fourth-order valence-corrected chi connectivity index (χ4v) is 6.21. The van der Waals surface area contributed by atoms with Gasteiger partial charge in [-0.3, -0.25) is 24.1 Å². The molecule has 2 atom stereocenters. The lowest BCUT2D eigenvalue weighted by molar-refractivity contribution is -0.122. The van der Waals surface area contributed by atoms with E-state index < -0.39 is 33.6 Å². The van der Waals surface area contributed by atoms with Crippen LogP contribution in [-0.4, -0.2) is 47.7 Å². The molecule has 0 saturated heterocycles. The van der Waals surface area contributed by atoms with Crippen molar-refractivity contribution in [3.8, 4) is 0 Å². The van der Waals surface area contributed by atoms with Crippen molar-refractivity contribution in [1.82, 2.24) is 14.9 Å². The topological polar surface area (TPSA) is 192 Å². The van der Waals surface area contributed by atoms with Crippen molar-refractivity contribution in [3.05, 3.63) is 80.1 Å². The molecule has 1 aliphatic rings. The number of pyridine rings is 1. The third-order valence-electron chi connectivity index (χ3n) is 6.14. The second-order valence-electron chi connectivity index (χ2n) is 9.02. The van der Waals surface area contributed by atoms with Crippen molar-refractivity contribution in [2.75, 3.05) is 11.3 Å². The number of anilines is 1. The van der Waals surface area contributed by atoms with Crippen LogP contribution in [0.15, 0.2) is 64.0 Å². The zero-order chi connectivity index (χ0) is 28.2. The first-order chi connectivity index (χ1) is 18.5. The molecule has 1 amide bonds. The molecule has 0 bridgehead atoms. The summed E-state index contributed by atoms with van der Waals surface area (Å²) in [5.41, 5.74) is 9.13. The Morgan fingerprint density at radius 3 is 2.64 bits per heavy atom. The van der Waals surface area contributed by atoms with Crippen LogP contribution in [0.3, 0.4) is 0 Å². The van der Waals surface area contributed by atoms with Gasteiger partial charge in [-0.25, -0.2) is 13.4 Å². The van der Waals surface area contributed by atoms with Crippen LogP contribution in [0.4, 0.5) is 5.69 Å². The molecule has 15 heteroatoms. The summed E-state index contributed by atoms with van der Waals surface area (Å²) in [5, 5.41) is 5.17. The fraction of sp³-hybridized carbons (Fsp3) is 0.292. The molecule has 39 heavy (non-hydrogen) atoms. The molecule has 6 N–H and O–H groups in total. The van der Waals surface area contributed by atoms with Crippen LogP contribution < -0.4 is 27.1 Å². The van der Waals surface area contributed by atoms with Crippen molar-refractivity contribution in [2.24, 2.45) is 22.4 Å². The zero-order valence-electron chi connectivity index (χ0n) is 20.5. The van der Waals surface area contributed by atoms with E-state index in [4.69, 9.17) is 23.1 Å². The normalized spacial score (nSPS) is 18.2. The summed E-state index contributed by atoms with van der Waals surface area (Å²) in [6.07, 6.45) is 3.69. The van der Waals surface area contributed by atoms with E-state index in [1.807, 2.05) is 0 Å². The van der Waals surface area contributed by atoms with Gasteiger partial charge in [-0.2, -0.15) is 0 Å². The van der Waals surface area contributed by atoms with Crippen molar-refractivity contribution < 1.29 is 18.0 Å². The summed E-state index contributed by atoms with van der Waals surface area (Å²) < 4.78 is 28.6.